The zero-order valence-electron chi connectivity index (χ0n) is 15.3. The Labute approximate surface area is 154 Å². The minimum absolute atomic E-state index is 0.0182. The van der Waals surface area contributed by atoms with Gasteiger partial charge in [-0.1, -0.05) is 6.07 Å². The molecule has 0 radical (unpaired) electrons. The van der Waals surface area contributed by atoms with Crippen LogP contribution in [-0.2, 0) is 4.74 Å². The van der Waals surface area contributed by atoms with Crippen LogP contribution in [0.15, 0.2) is 24.3 Å². The minimum Gasteiger partial charge on any atom is -0.384 e. The van der Waals surface area contributed by atoms with E-state index in [9.17, 15) is 9.59 Å². The first-order valence-electron chi connectivity index (χ1n) is 9.26. The number of carbonyl (C=O) groups is 2. The number of nitrogens with one attached hydrogen (secondary N) is 4. The molecule has 1 aromatic rings. The molecule has 0 aromatic heterocycles. The van der Waals surface area contributed by atoms with Crippen molar-refractivity contribution in [1.29, 1.82) is 0 Å². The summed E-state index contributed by atoms with van der Waals surface area (Å²) in [5.41, 5.74) is 1.13. The lowest BCUT2D eigenvalue weighted by molar-refractivity contribution is 0.0512. The van der Waals surface area contributed by atoms with Crippen LogP contribution in [0.25, 0.3) is 0 Å². The van der Waals surface area contributed by atoms with Gasteiger partial charge >= 0.3 is 6.03 Å². The van der Waals surface area contributed by atoms with Crippen molar-refractivity contribution in [2.24, 2.45) is 5.41 Å². The molecule has 1 heterocycles. The monoisotopic (exact) mass is 360 g/mol. The molecule has 0 bridgehead atoms. The summed E-state index contributed by atoms with van der Waals surface area (Å²) in [6, 6.07) is 7.08. The number of piperidine rings is 1. The molecule has 1 aromatic carbocycles. The number of anilines is 1. The summed E-state index contributed by atoms with van der Waals surface area (Å²) >= 11 is 0. The van der Waals surface area contributed by atoms with Crippen molar-refractivity contribution in [3.05, 3.63) is 29.8 Å². The van der Waals surface area contributed by atoms with Gasteiger partial charge in [0, 0.05) is 36.4 Å². The Bertz CT molecular complexity index is 634. The lowest BCUT2D eigenvalue weighted by Gasteiger charge is -2.37. The van der Waals surface area contributed by atoms with E-state index in [0.717, 1.165) is 38.8 Å². The van der Waals surface area contributed by atoms with Gasteiger partial charge in [-0.05, 0) is 57.0 Å². The van der Waals surface area contributed by atoms with Gasteiger partial charge in [0.1, 0.15) is 0 Å². The van der Waals surface area contributed by atoms with Gasteiger partial charge in [0.2, 0.25) is 0 Å². The summed E-state index contributed by atoms with van der Waals surface area (Å²) < 4.78 is 5.39. The highest BCUT2D eigenvalue weighted by Crippen LogP contribution is 2.28. The molecule has 2 fully saturated rings. The summed E-state index contributed by atoms with van der Waals surface area (Å²) in [4.78, 5) is 24.4. The van der Waals surface area contributed by atoms with E-state index in [1.165, 1.54) is 0 Å². The Morgan fingerprint density at radius 1 is 1.27 bits per heavy atom. The van der Waals surface area contributed by atoms with E-state index >= 15 is 0 Å². The fourth-order valence-corrected chi connectivity index (χ4v) is 3.32. The molecule has 142 valence electrons. The first-order chi connectivity index (χ1) is 12.6. The summed E-state index contributed by atoms with van der Waals surface area (Å²) in [7, 11) is 1.70. The molecule has 26 heavy (non-hydrogen) atoms. The Kier molecular flexibility index (Phi) is 6.11. The standard InChI is InChI=1S/C19H28N4O3/c1-26-13-19(7-9-20-10-8-19)12-21-17(24)14-3-2-4-16(11-14)23-18(25)22-15-5-6-15/h2-4,11,15,20H,5-10,12-13H2,1H3,(H,21,24)(H2,22,23,25). The van der Waals surface area contributed by atoms with Gasteiger partial charge in [0.05, 0.1) is 6.61 Å². The number of rotatable bonds is 7. The van der Waals surface area contributed by atoms with Gasteiger partial charge in [-0.15, -0.1) is 0 Å². The maximum atomic E-state index is 12.6. The van der Waals surface area contributed by atoms with Crippen LogP contribution in [0, 0.1) is 5.41 Å². The van der Waals surface area contributed by atoms with Crippen molar-refractivity contribution in [3.8, 4) is 0 Å². The number of hydrogen-bond donors (Lipinski definition) is 4. The zero-order valence-corrected chi connectivity index (χ0v) is 15.3. The van der Waals surface area contributed by atoms with E-state index in [1.54, 1.807) is 31.4 Å². The second kappa shape index (κ2) is 8.51. The second-order valence-corrected chi connectivity index (χ2v) is 7.32. The average molecular weight is 360 g/mol. The van der Waals surface area contributed by atoms with Gasteiger partial charge < -0.3 is 26.0 Å². The first-order valence-corrected chi connectivity index (χ1v) is 9.26. The number of methoxy groups -OCH3 is 1. The lowest BCUT2D eigenvalue weighted by atomic mass is 9.79. The van der Waals surface area contributed by atoms with Crippen molar-refractivity contribution < 1.29 is 14.3 Å². The molecule has 4 N–H and O–H groups in total. The predicted octanol–water partition coefficient (Wildman–Crippen LogP) is 1.72. The zero-order chi connectivity index (χ0) is 18.4. The Hall–Kier alpha value is -2.12. The van der Waals surface area contributed by atoms with Crippen molar-refractivity contribution >= 4 is 17.6 Å². The average Bonchev–Trinajstić information content (AvgIpc) is 3.45. The third kappa shape index (κ3) is 5.19. The quantitative estimate of drug-likeness (QED) is 0.596. The number of urea groups is 1. The smallest absolute Gasteiger partial charge is 0.319 e. The molecule has 0 unspecified atom stereocenters. The summed E-state index contributed by atoms with van der Waals surface area (Å²) in [6.45, 7) is 3.10. The topological polar surface area (TPSA) is 91.5 Å². The molecule has 2 aliphatic rings. The third-order valence-corrected chi connectivity index (χ3v) is 5.03. The maximum Gasteiger partial charge on any atom is 0.319 e. The van der Waals surface area contributed by atoms with Crippen LogP contribution < -0.4 is 21.3 Å². The molecule has 0 spiro atoms. The highest BCUT2D eigenvalue weighted by molar-refractivity contribution is 5.97. The summed E-state index contributed by atoms with van der Waals surface area (Å²) in [5.74, 6) is -0.134. The van der Waals surface area contributed by atoms with Gasteiger partial charge in [-0.2, -0.15) is 0 Å². The van der Waals surface area contributed by atoms with Crippen molar-refractivity contribution in [2.45, 2.75) is 31.7 Å². The second-order valence-electron chi connectivity index (χ2n) is 7.32. The normalized spacial score (nSPS) is 18.8. The molecule has 1 saturated carbocycles. The van der Waals surface area contributed by atoms with Crippen molar-refractivity contribution in [1.82, 2.24) is 16.0 Å². The van der Waals surface area contributed by atoms with Crippen LogP contribution in [0.4, 0.5) is 10.5 Å². The van der Waals surface area contributed by atoms with E-state index < -0.39 is 0 Å². The Morgan fingerprint density at radius 2 is 2.04 bits per heavy atom. The molecule has 7 nitrogen and oxygen atoms in total. The number of carbonyl (C=O) groups excluding carboxylic acids is 2. The van der Waals surface area contributed by atoms with E-state index in [0.29, 0.717) is 30.4 Å². The van der Waals surface area contributed by atoms with Crippen molar-refractivity contribution in [3.63, 3.8) is 0 Å². The molecule has 1 aliphatic carbocycles. The van der Waals surface area contributed by atoms with E-state index in [4.69, 9.17) is 4.74 Å². The summed E-state index contributed by atoms with van der Waals surface area (Å²) in [6.07, 6.45) is 4.03. The molecule has 1 saturated heterocycles. The Morgan fingerprint density at radius 3 is 2.73 bits per heavy atom. The van der Waals surface area contributed by atoms with Gasteiger partial charge in [0.15, 0.2) is 0 Å². The SMILES string of the molecule is COCC1(CNC(=O)c2cccc(NC(=O)NC3CC3)c2)CCNCC1. The maximum absolute atomic E-state index is 12.6. The van der Waals surface area contributed by atoms with Crippen LogP contribution >= 0.6 is 0 Å². The number of amides is 3. The number of benzene rings is 1. The molecule has 1 aliphatic heterocycles. The lowest BCUT2D eigenvalue weighted by Crippen LogP contribution is -2.47. The van der Waals surface area contributed by atoms with Crippen molar-refractivity contribution in [2.75, 3.05) is 38.7 Å². The van der Waals surface area contributed by atoms with E-state index in [-0.39, 0.29) is 17.4 Å². The van der Waals surface area contributed by atoms with Gasteiger partial charge in [0.25, 0.3) is 5.91 Å². The van der Waals surface area contributed by atoms with E-state index in [1.807, 2.05) is 0 Å². The molecular formula is C19H28N4O3. The van der Waals surface area contributed by atoms with E-state index in [2.05, 4.69) is 21.3 Å². The number of hydrogen-bond acceptors (Lipinski definition) is 4. The highest BCUT2D eigenvalue weighted by Gasteiger charge is 2.32. The van der Waals surface area contributed by atoms with Gasteiger partial charge in [-0.25, -0.2) is 4.79 Å². The van der Waals surface area contributed by atoms with Crippen LogP contribution in [-0.4, -0.2) is 51.3 Å². The minimum atomic E-state index is -0.223. The fraction of sp³-hybridized carbons (Fsp3) is 0.579. The van der Waals surface area contributed by atoms with Crippen LogP contribution in [0.5, 0.6) is 0 Å². The molecular weight excluding hydrogens is 332 g/mol. The molecule has 0 atom stereocenters. The first kappa shape index (κ1) is 18.7. The highest BCUT2D eigenvalue weighted by atomic mass is 16.5. The van der Waals surface area contributed by atoms with Gasteiger partial charge in [-0.3, -0.25) is 4.79 Å². The predicted molar refractivity (Wildman–Crippen MR) is 100 cm³/mol. The molecule has 7 heteroatoms. The third-order valence-electron chi connectivity index (χ3n) is 5.03. The van der Waals surface area contributed by atoms with Crippen LogP contribution in [0.3, 0.4) is 0 Å². The Balaban J connectivity index is 1.56. The fourth-order valence-electron chi connectivity index (χ4n) is 3.32. The molecule has 3 amide bonds. The van der Waals surface area contributed by atoms with Crippen LogP contribution in [0.2, 0.25) is 0 Å². The van der Waals surface area contributed by atoms with Crippen LogP contribution in [0.1, 0.15) is 36.0 Å². The molecule has 3 rings (SSSR count). The largest absolute Gasteiger partial charge is 0.384 e. The number of ether oxygens (including phenoxy) is 1. The summed E-state index contributed by atoms with van der Waals surface area (Å²) in [5, 5.41) is 12.0.